The molecule has 2 aromatic rings. The van der Waals surface area contributed by atoms with Crippen LogP contribution in [0.15, 0.2) is 35.1 Å². The van der Waals surface area contributed by atoms with Crippen LogP contribution in [0.4, 0.5) is 5.82 Å². The monoisotopic (exact) mass is 341 g/mol. The molecule has 0 aliphatic heterocycles. The Balaban J connectivity index is 2.17. The molecule has 6 heteroatoms. The predicted molar refractivity (Wildman–Crippen MR) is 79.6 cm³/mol. The number of amides is 1. The zero-order valence-electron chi connectivity index (χ0n) is 10.4. The van der Waals surface area contributed by atoms with Gasteiger partial charge in [-0.1, -0.05) is 18.5 Å². The number of anilines is 1. The van der Waals surface area contributed by atoms with E-state index in [9.17, 15) is 4.79 Å². The predicted octanol–water partition coefficient (Wildman–Crippen LogP) is 3.96. The van der Waals surface area contributed by atoms with E-state index < -0.39 is 0 Å². The van der Waals surface area contributed by atoms with Gasteiger partial charge in [-0.2, -0.15) is 0 Å². The van der Waals surface area contributed by atoms with Crippen LogP contribution in [0.25, 0.3) is 0 Å². The van der Waals surface area contributed by atoms with E-state index in [2.05, 4.69) is 26.2 Å². The van der Waals surface area contributed by atoms with Crippen LogP contribution >= 0.6 is 27.5 Å². The molecule has 100 valence electrons. The van der Waals surface area contributed by atoms with Crippen LogP contribution in [-0.2, 0) is 6.54 Å². The SMILES string of the molecule is CCCn1cc(Cl)cc1C(=O)Nc1ccc(Br)cn1. The van der Waals surface area contributed by atoms with Crippen molar-refractivity contribution in [2.45, 2.75) is 19.9 Å². The highest BCUT2D eigenvalue weighted by atomic mass is 79.9. The quantitative estimate of drug-likeness (QED) is 0.914. The minimum atomic E-state index is -0.213. The maximum Gasteiger partial charge on any atom is 0.273 e. The highest BCUT2D eigenvalue weighted by Gasteiger charge is 2.13. The Morgan fingerprint density at radius 1 is 1.53 bits per heavy atom. The second-order valence-electron chi connectivity index (χ2n) is 4.05. The maximum absolute atomic E-state index is 12.2. The number of nitrogens with zero attached hydrogens (tertiary/aromatic N) is 2. The standard InChI is InChI=1S/C13H13BrClN3O/c1-2-5-18-8-10(15)6-11(18)13(19)17-12-4-3-9(14)7-16-12/h3-4,6-8H,2,5H2,1H3,(H,16,17,19). The maximum atomic E-state index is 12.2. The summed E-state index contributed by atoms with van der Waals surface area (Å²) in [6, 6.07) is 5.21. The largest absolute Gasteiger partial charge is 0.342 e. The van der Waals surface area contributed by atoms with Crippen LogP contribution < -0.4 is 5.32 Å². The van der Waals surface area contributed by atoms with Crippen LogP contribution in [0.1, 0.15) is 23.8 Å². The third-order valence-electron chi connectivity index (χ3n) is 2.53. The first-order valence-corrected chi connectivity index (χ1v) is 7.06. The fourth-order valence-corrected chi connectivity index (χ4v) is 2.18. The first kappa shape index (κ1) is 14.1. The van der Waals surface area contributed by atoms with E-state index in [0.717, 1.165) is 17.4 Å². The second-order valence-corrected chi connectivity index (χ2v) is 5.40. The molecule has 2 heterocycles. The fourth-order valence-electron chi connectivity index (χ4n) is 1.72. The summed E-state index contributed by atoms with van der Waals surface area (Å²) in [5.41, 5.74) is 0.538. The topological polar surface area (TPSA) is 46.9 Å². The third kappa shape index (κ3) is 3.58. The van der Waals surface area contributed by atoms with Crippen LogP contribution in [0, 0.1) is 0 Å². The van der Waals surface area contributed by atoms with E-state index in [-0.39, 0.29) is 5.91 Å². The molecule has 0 spiro atoms. The summed E-state index contributed by atoms with van der Waals surface area (Å²) in [4.78, 5) is 16.3. The van der Waals surface area contributed by atoms with Crippen LogP contribution in [0.2, 0.25) is 5.02 Å². The molecule has 0 atom stereocenters. The van der Waals surface area contributed by atoms with Gasteiger partial charge in [-0.25, -0.2) is 4.98 Å². The van der Waals surface area contributed by atoms with E-state index in [1.807, 2.05) is 17.6 Å². The Labute approximate surface area is 124 Å². The minimum Gasteiger partial charge on any atom is -0.342 e. The molecule has 4 nitrogen and oxygen atoms in total. The minimum absolute atomic E-state index is 0.213. The summed E-state index contributed by atoms with van der Waals surface area (Å²) in [7, 11) is 0. The molecule has 1 amide bonds. The first-order chi connectivity index (χ1) is 9.10. The summed E-state index contributed by atoms with van der Waals surface area (Å²) in [5.74, 6) is 0.295. The lowest BCUT2D eigenvalue weighted by atomic mass is 10.3. The molecular weight excluding hydrogens is 330 g/mol. The Morgan fingerprint density at radius 2 is 2.32 bits per heavy atom. The number of nitrogens with one attached hydrogen (secondary N) is 1. The van der Waals surface area contributed by atoms with Gasteiger partial charge in [0.2, 0.25) is 0 Å². The first-order valence-electron chi connectivity index (χ1n) is 5.88. The summed E-state index contributed by atoms with van der Waals surface area (Å²) < 4.78 is 2.71. The van der Waals surface area contributed by atoms with Crippen LogP contribution in [-0.4, -0.2) is 15.5 Å². The van der Waals surface area contributed by atoms with E-state index in [4.69, 9.17) is 11.6 Å². The molecule has 0 aliphatic carbocycles. The number of rotatable bonds is 4. The normalized spacial score (nSPS) is 10.5. The Hall–Kier alpha value is -1.33. The van der Waals surface area contributed by atoms with Gasteiger partial charge in [-0.05, 0) is 40.5 Å². The lowest BCUT2D eigenvalue weighted by Crippen LogP contribution is -2.17. The summed E-state index contributed by atoms with van der Waals surface area (Å²) in [6.45, 7) is 2.80. The molecule has 1 N–H and O–H groups in total. The molecule has 0 aliphatic rings. The molecule has 19 heavy (non-hydrogen) atoms. The van der Waals surface area contributed by atoms with Crippen LogP contribution in [0.5, 0.6) is 0 Å². The fraction of sp³-hybridized carbons (Fsp3) is 0.231. The molecule has 0 saturated heterocycles. The van der Waals surface area contributed by atoms with Gasteiger partial charge in [0.1, 0.15) is 11.5 Å². The van der Waals surface area contributed by atoms with E-state index in [1.54, 1.807) is 24.5 Å². The number of carbonyl (C=O) groups excluding carboxylic acids is 1. The summed E-state index contributed by atoms with van der Waals surface area (Å²) in [5, 5.41) is 3.30. The van der Waals surface area contributed by atoms with Gasteiger partial charge in [-0.15, -0.1) is 0 Å². The second kappa shape index (κ2) is 6.21. The smallest absolute Gasteiger partial charge is 0.273 e. The highest BCUT2D eigenvalue weighted by Crippen LogP contribution is 2.17. The van der Waals surface area contributed by atoms with Crippen molar-refractivity contribution in [1.29, 1.82) is 0 Å². The number of halogens is 2. The molecular formula is C13H13BrClN3O. The van der Waals surface area contributed by atoms with Gasteiger partial charge in [0, 0.05) is 23.4 Å². The van der Waals surface area contributed by atoms with Crippen molar-refractivity contribution in [2.24, 2.45) is 0 Å². The van der Waals surface area contributed by atoms with E-state index in [0.29, 0.717) is 16.5 Å². The number of carbonyl (C=O) groups is 1. The van der Waals surface area contributed by atoms with Crippen molar-refractivity contribution in [3.63, 3.8) is 0 Å². The van der Waals surface area contributed by atoms with Gasteiger partial charge in [0.15, 0.2) is 0 Å². The van der Waals surface area contributed by atoms with Gasteiger partial charge < -0.3 is 9.88 Å². The lowest BCUT2D eigenvalue weighted by Gasteiger charge is -2.08. The van der Waals surface area contributed by atoms with Crippen molar-refractivity contribution in [2.75, 3.05) is 5.32 Å². The zero-order valence-corrected chi connectivity index (χ0v) is 12.7. The molecule has 0 radical (unpaired) electrons. The molecule has 0 unspecified atom stereocenters. The van der Waals surface area contributed by atoms with Gasteiger partial charge >= 0.3 is 0 Å². The summed E-state index contributed by atoms with van der Waals surface area (Å²) in [6.07, 6.45) is 4.32. The van der Waals surface area contributed by atoms with Gasteiger partial charge in [-0.3, -0.25) is 4.79 Å². The zero-order chi connectivity index (χ0) is 13.8. The average molecular weight is 343 g/mol. The van der Waals surface area contributed by atoms with Crippen molar-refractivity contribution in [3.05, 3.63) is 45.8 Å². The van der Waals surface area contributed by atoms with Crippen molar-refractivity contribution < 1.29 is 4.79 Å². The molecule has 2 aromatic heterocycles. The van der Waals surface area contributed by atoms with E-state index >= 15 is 0 Å². The highest BCUT2D eigenvalue weighted by molar-refractivity contribution is 9.10. The van der Waals surface area contributed by atoms with Crippen molar-refractivity contribution in [1.82, 2.24) is 9.55 Å². The molecule has 0 fully saturated rings. The molecule has 0 bridgehead atoms. The number of hydrogen-bond acceptors (Lipinski definition) is 2. The van der Waals surface area contributed by atoms with Gasteiger partial charge in [0.25, 0.3) is 5.91 Å². The average Bonchev–Trinajstić information content (AvgIpc) is 2.74. The van der Waals surface area contributed by atoms with E-state index in [1.165, 1.54) is 0 Å². The lowest BCUT2D eigenvalue weighted by molar-refractivity contribution is 0.101. The number of aryl methyl sites for hydroxylation is 1. The summed E-state index contributed by atoms with van der Waals surface area (Å²) >= 11 is 9.24. The van der Waals surface area contributed by atoms with Gasteiger partial charge in [0.05, 0.1) is 5.02 Å². The number of hydrogen-bond donors (Lipinski definition) is 1. The molecule has 0 aromatic carbocycles. The van der Waals surface area contributed by atoms with Crippen LogP contribution in [0.3, 0.4) is 0 Å². The molecule has 2 rings (SSSR count). The Morgan fingerprint density at radius 3 is 2.95 bits per heavy atom. The van der Waals surface area contributed by atoms with Crippen molar-refractivity contribution >= 4 is 39.3 Å². The molecule has 0 saturated carbocycles. The number of aromatic nitrogens is 2. The Kier molecular flexibility index (Phi) is 4.61. The third-order valence-corrected chi connectivity index (χ3v) is 3.21. The Bertz CT molecular complexity index is 580. The number of pyridine rings is 1. The van der Waals surface area contributed by atoms with Crippen molar-refractivity contribution in [3.8, 4) is 0 Å².